The Morgan fingerprint density at radius 3 is 2.33 bits per heavy atom. The zero-order valence-corrected chi connectivity index (χ0v) is 3.85. The minimum absolute atomic E-state index is 0.819. The predicted molar refractivity (Wildman–Crippen MR) is 25.5 cm³/mol. The van der Waals surface area contributed by atoms with Crippen LogP contribution in [0.3, 0.4) is 0 Å². The van der Waals surface area contributed by atoms with Crippen LogP contribution in [0, 0.1) is 0 Å². The Kier molecular flexibility index (Phi) is 1.08. The molecular formula is C4H10N2. The lowest BCUT2D eigenvalue weighted by atomic mass is 10.7. The van der Waals surface area contributed by atoms with E-state index in [2.05, 4.69) is 4.90 Å². The highest BCUT2D eigenvalue weighted by Crippen LogP contribution is 1.98. The van der Waals surface area contributed by atoms with E-state index in [1.54, 1.807) is 0 Å². The number of rotatable bonds is 2. The van der Waals surface area contributed by atoms with Gasteiger partial charge in [0.1, 0.15) is 0 Å². The monoisotopic (exact) mass is 86.1 g/mol. The highest BCUT2D eigenvalue weighted by Gasteiger charge is 2.13. The summed E-state index contributed by atoms with van der Waals surface area (Å²) in [4.78, 5) is 2.31. The molecule has 0 radical (unpaired) electrons. The minimum atomic E-state index is 0.819. The fraction of sp³-hybridized carbons (Fsp3) is 1.00. The zero-order chi connectivity index (χ0) is 4.41. The summed E-state index contributed by atoms with van der Waals surface area (Å²) in [7, 11) is 0. The molecule has 1 fully saturated rings. The van der Waals surface area contributed by atoms with E-state index in [1.165, 1.54) is 13.1 Å². The third-order valence-electron chi connectivity index (χ3n) is 0.985. The summed E-state index contributed by atoms with van der Waals surface area (Å²) in [5.74, 6) is 0. The number of hydrogen-bond donors (Lipinski definition) is 1. The lowest BCUT2D eigenvalue weighted by Crippen LogP contribution is -2.11. The highest BCUT2D eigenvalue weighted by molar-refractivity contribution is 4.71. The van der Waals surface area contributed by atoms with E-state index in [0.29, 0.717) is 0 Å². The fourth-order valence-corrected chi connectivity index (χ4v) is 0.477. The summed E-state index contributed by atoms with van der Waals surface area (Å²) >= 11 is 0. The first-order chi connectivity index (χ1) is 2.93. The maximum Gasteiger partial charge on any atom is 0.0110 e. The van der Waals surface area contributed by atoms with Gasteiger partial charge in [0.25, 0.3) is 0 Å². The van der Waals surface area contributed by atoms with Crippen LogP contribution in [0.15, 0.2) is 0 Å². The van der Waals surface area contributed by atoms with Gasteiger partial charge in [0.2, 0.25) is 0 Å². The normalized spacial score (nSPS) is 21.5. The summed E-state index contributed by atoms with van der Waals surface area (Å²) < 4.78 is 0. The van der Waals surface area contributed by atoms with Crippen molar-refractivity contribution in [2.45, 2.75) is 0 Å². The molecule has 2 heteroatoms. The van der Waals surface area contributed by atoms with Crippen LogP contribution in [0.4, 0.5) is 0 Å². The Balaban J connectivity index is 1.88. The molecular weight excluding hydrogens is 76.1 g/mol. The van der Waals surface area contributed by atoms with Crippen LogP contribution in [-0.2, 0) is 0 Å². The first-order valence-corrected chi connectivity index (χ1v) is 2.36. The van der Waals surface area contributed by atoms with Gasteiger partial charge in [-0.2, -0.15) is 0 Å². The van der Waals surface area contributed by atoms with Gasteiger partial charge < -0.3 is 5.73 Å². The molecule has 0 aromatic heterocycles. The van der Waals surface area contributed by atoms with E-state index >= 15 is 0 Å². The average Bonchev–Trinajstić information content (AvgIpc) is 2.21. The molecule has 1 saturated heterocycles. The lowest BCUT2D eigenvalue weighted by molar-refractivity contribution is 0.569. The predicted octanol–water partition coefficient (Wildman–Crippen LogP) is -0.739. The molecule has 0 saturated carbocycles. The second kappa shape index (κ2) is 1.58. The van der Waals surface area contributed by atoms with Crippen LogP contribution in [0.2, 0.25) is 0 Å². The standard InChI is InChI=1S/C4H10N2/c5-1-2-6-3-4-6/h1-5H2. The molecule has 0 aromatic carbocycles. The molecule has 0 aromatic rings. The molecule has 1 heterocycles. The van der Waals surface area contributed by atoms with E-state index in [-0.39, 0.29) is 0 Å². The van der Waals surface area contributed by atoms with Crippen molar-refractivity contribution in [1.29, 1.82) is 0 Å². The van der Waals surface area contributed by atoms with Crippen molar-refractivity contribution in [2.24, 2.45) is 5.73 Å². The smallest absolute Gasteiger partial charge is 0.0110 e. The minimum Gasteiger partial charge on any atom is -0.329 e. The first-order valence-electron chi connectivity index (χ1n) is 2.36. The topological polar surface area (TPSA) is 29.0 Å². The summed E-state index contributed by atoms with van der Waals surface area (Å²) in [6.45, 7) is 4.47. The average molecular weight is 86.1 g/mol. The molecule has 0 spiro atoms. The van der Waals surface area contributed by atoms with Gasteiger partial charge in [-0.05, 0) is 0 Å². The maximum absolute atomic E-state index is 5.23. The van der Waals surface area contributed by atoms with Crippen LogP contribution < -0.4 is 5.73 Å². The largest absolute Gasteiger partial charge is 0.329 e. The van der Waals surface area contributed by atoms with Crippen molar-refractivity contribution in [3.8, 4) is 0 Å². The van der Waals surface area contributed by atoms with E-state index in [1.807, 2.05) is 0 Å². The molecule has 0 unspecified atom stereocenters. The third kappa shape index (κ3) is 0.954. The van der Waals surface area contributed by atoms with Crippen molar-refractivity contribution >= 4 is 0 Å². The fourth-order valence-electron chi connectivity index (χ4n) is 0.477. The van der Waals surface area contributed by atoms with Crippen molar-refractivity contribution in [1.82, 2.24) is 4.90 Å². The molecule has 0 bridgehead atoms. The third-order valence-corrected chi connectivity index (χ3v) is 0.985. The highest BCUT2D eigenvalue weighted by atomic mass is 15.3. The molecule has 0 atom stereocenters. The molecule has 1 aliphatic heterocycles. The first kappa shape index (κ1) is 4.09. The van der Waals surface area contributed by atoms with Gasteiger partial charge >= 0.3 is 0 Å². The Morgan fingerprint density at radius 2 is 2.17 bits per heavy atom. The zero-order valence-electron chi connectivity index (χ0n) is 3.85. The summed E-state index contributed by atoms with van der Waals surface area (Å²) in [6, 6.07) is 0. The van der Waals surface area contributed by atoms with Crippen LogP contribution in [0.25, 0.3) is 0 Å². The van der Waals surface area contributed by atoms with Crippen molar-refractivity contribution in [3.05, 3.63) is 0 Å². The van der Waals surface area contributed by atoms with Gasteiger partial charge in [-0.3, -0.25) is 4.90 Å². The van der Waals surface area contributed by atoms with E-state index in [0.717, 1.165) is 13.1 Å². The van der Waals surface area contributed by atoms with Gasteiger partial charge in [-0.15, -0.1) is 0 Å². The molecule has 2 N–H and O–H groups in total. The van der Waals surface area contributed by atoms with Gasteiger partial charge in [-0.1, -0.05) is 0 Å². The molecule has 6 heavy (non-hydrogen) atoms. The van der Waals surface area contributed by atoms with Crippen LogP contribution in [0.5, 0.6) is 0 Å². The second-order valence-electron chi connectivity index (χ2n) is 1.63. The Labute approximate surface area is 37.9 Å². The van der Waals surface area contributed by atoms with E-state index in [9.17, 15) is 0 Å². The van der Waals surface area contributed by atoms with Crippen LogP contribution >= 0.6 is 0 Å². The maximum atomic E-state index is 5.23. The number of nitrogens with two attached hydrogens (primary N) is 1. The van der Waals surface area contributed by atoms with Gasteiger partial charge in [-0.25, -0.2) is 0 Å². The summed E-state index contributed by atoms with van der Waals surface area (Å²) in [5, 5.41) is 0. The van der Waals surface area contributed by atoms with Crippen LogP contribution in [0.1, 0.15) is 0 Å². The Morgan fingerprint density at radius 1 is 1.50 bits per heavy atom. The summed E-state index contributed by atoms with van der Waals surface area (Å²) in [6.07, 6.45) is 0. The Bertz CT molecular complexity index is 40.8. The van der Waals surface area contributed by atoms with Crippen molar-refractivity contribution in [3.63, 3.8) is 0 Å². The van der Waals surface area contributed by atoms with Gasteiger partial charge in [0.15, 0.2) is 0 Å². The number of nitrogens with zero attached hydrogens (tertiary/aromatic N) is 1. The number of hydrogen-bond acceptors (Lipinski definition) is 2. The van der Waals surface area contributed by atoms with Gasteiger partial charge in [0.05, 0.1) is 0 Å². The van der Waals surface area contributed by atoms with E-state index in [4.69, 9.17) is 5.73 Å². The molecule has 1 aliphatic rings. The molecule has 2 nitrogen and oxygen atoms in total. The second-order valence-corrected chi connectivity index (χ2v) is 1.63. The quantitative estimate of drug-likeness (QED) is 0.448. The van der Waals surface area contributed by atoms with Crippen molar-refractivity contribution in [2.75, 3.05) is 26.2 Å². The molecule has 1 rings (SSSR count). The lowest BCUT2D eigenvalue weighted by Gasteiger charge is -1.89. The van der Waals surface area contributed by atoms with E-state index < -0.39 is 0 Å². The van der Waals surface area contributed by atoms with Crippen molar-refractivity contribution < 1.29 is 0 Å². The van der Waals surface area contributed by atoms with Gasteiger partial charge in [0, 0.05) is 26.2 Å². The SMILES string of the molecule is NCCN1CC1. The molecule has 0 amide bonds. The summed E-state index contributed by atoms with van der Waals surface area (Å²) in [5.41, 5.74) is 5.23. The Hall–Kier alpha value is -0.0800. The molecule has 0 aliphatic carbocycles. The molecule has 36 valence electrons. The van der Waals surface area contributed by atoms with Crippen LogP contribution in [-0.4, -0.2) is 31.1 Å².